The number of hydrogen-bond acceptors (Lipinski definition) is 4. The predicted octanol–water partition coefficient (Wildman–Crippen LogP) is 2.20. The Morgan fingerprint density at radius 2 is 1.67 bits per heavy atom. The standard InChI is InChI=1S/C16H27FN2O2/c1-3-20-11-9-19(10-12-21-4-2)16(13-18)14-7-5-6-8-15(14)17/h5-8,16H,3-4,9-13,18H2,1-2H3. The molecular weight excluding hydrogens is 271 g/mol. The Labute approximate surface area is 127 Å². The number of rotatable bonds is 11. The molecule has 0 heterocycles. The molecule has 4 nitrogen and oxygen atoms in total. The summed E-state index contributed by atoms with van der Waals surface area (Å²) in [7, 11) is 0. The summed E-state index contributed by atoms with van der Waals surface area (Å²) in [6.07, 6.45) is 0. The number of hydrogen-bond donors (Lipinski definition) is 1. The van der Waals surface area contributed by atoms with Gasteiger partial charge in [0.25, 0.3) is 0 Å². The summed E-state index contributed by atoms with van der Waals surface area (Å²) in [6, 6.07) is 6.64. The lowest BCUT2D eigenvalue weighted by Gasteiger charge is -2.31. The van der Waals surface area contributed by atoms with Gasteiger partial charge in [-0.1, -0.05) is 18.2 Å². The van der Waals surface area contributed by atoms with Gasteiger partial charge in [0, 0.05) is 38.4 Å². The normalized spacial score (nSPS) is 12.8. The third-order valence-corrected chi connectivity index (χ3v) is 3.38. The molecule has 0 saturated heterocycles. The molecule has 0 spiro atoms. The van der Waals surface area contributed by atoms with Gasteiger partial charge in [0.2, 0.25) is 0 Å². The minimum atomic E-state index is -0.217. The highest BCUT2D eigenvalue weighted by Gasteiger charge is 2.21. The van der Waals surface area contributed by atoms with Crippen LogP contribution in [-0.4, -0.2) is 51.0 Å². The van der Waals surface area contributed by atoms with E-state index < -0.39 is 0 Å². The molecule has 0 bridgehead atoms. The van der Waals surface area contributed by atoms with Crippen LogP contribution in [0.1, 0.15) is 25.5 Å². The second-order valence-corrected chi connectivity index (χ2v) is 4.70. The SMILES string of the molecule is CCOCCN(CCOCC)C(CN)c1ccccc1F. The summed E-state index contributed by atoms with van der Waals surface area (Å²) in [4.78, 5) is 2.13. The topological polar surface area (TPSA) is 47.7 Å². The van der Waals surface area contributed by atoms with Crippen LogP contribution in [0.2, 0.25) is 0 Å². The summed E-state index contributed by atoms with van der Waals surface area (Å²) in [5, 5.41) is 0. The van der Waals surface area contributed by atoms with E-state index in [1.807, 2.05) is 19.9 Å². The lowest BCUT2D eigenvalue weighted by atomic mass is 10.0. The molecule has 0 fully saturated rings. The minimum absolute atomic E-state index is 0.160. The Balaban J connectivity index is 2.78. The van der Waals surface area contributed by atoms with Crippen molar-refractivity contribution < 1.29 is 13.9 Å². The van der Waals surface area contributed by atoms with E-state index in [-0.39, 0.29) is 11.9 Å². The highest BCUT2D eigenvalue weighted by Crippen LogP contribution is 2.22. The van der Waals surface area contributed by atoms with Crippen molar-refractivity contribution in [2.45, 2.75) is 19.9 Å². The lowest BCUT2D eigenvalue weighted by molar-refractivity contribution is 0.0632. The highest BCUT2D eigenvalue weighted by atomic mass is 19.1. The maximum atomic E-state index is 14.0. The Hall–Kier alpha value is -1.01. The Morgan fingerprint density at radius 1 is 1.10 bits per heavy atom. The van der Waals surface area contributed by atoms with Crippen LogP contribution in [0.3, 0.4) is 0 Å². The number of nitrogens with zero attached hydrogens (tertiary/aromatic N) is 1. The second-order valence-electron chi connectivity index (χ2n) is 4.70. The van der Waals surface area contributed by atoms with Crippen molar-refractivity contribution in [3.63, 3.8) is 0 Å². The largest absolute Gasteiger partial charge is 0.380 e. The minimum Gasteiger partial charge on any atom is -0.380 e. The molecule has 0 aromatic heterocycles. The maximum absolute atomic E-state index is 14.0. The first-order valence-electron chi connectivity index (χ1n) is 7.58. The second kappa shape index (κ2) is 10.7. The molecule has 120 valence electrons. The smallest absolute Gasteiger partial charge is 0.128 e. The summed E-state index contributed by atoms with van der Waals surface area (Å²) in [6.45, 7) is 8.25. The number of nitrogens with two attached hydrogens (primary N) is 1. The zero-order valence-corrected chi connectivity index (χ0v) is 13.1. The van der Waals surface area contributed by atoms with E-state index in [4.69, 9.17) is 15.2 Å². The molecular formula is C16H27FN2O2. The van der Waals surface area contributed by atoms with E-state index >= 15 is 0 Å². The van der Waals surface area contributed by atoms with Crippen molar-refractivity contribution in [1.82, 2.24) is 4.90 Å². The summed E-state index contributed by atoms with van der Waals surface area (Å²) < 4.78 is 24.8. The first-order chi connectivity index (χ1) is 10.2. The van der Waals surface area contributed by atoms with Gasteiger partial charge in [-0.05, 0) is 19.9 Å². The van der Waals surface area contributed by atoms with Crippen LogP contribution in [0, 0.1) is 5.82 Å². The molecule has 1 aromatic rings. The maximum Gasteiger partial charge on any atom is 0.128 e. The van der Waals surface area contributed by atoms with Crippen molar-refractivity contribution >= 4 is 0 Å². The van der Waals surface area contributed by atoms with Crippen molar-refractivity contribution in [3.05, 3.63) is 35.6 Å². The van der Waals surface area contributed by atoms with Gasteiger partial charge in [-0.25, -0.2) is 4.39 Å². The van der Waals surface area contributed by atoms with E-state index in [2.05, 4.69) is 4.90 Å². The quantitative estimate of drug-likeness (QED) is 0.636. The van der Waals surface area contributed by atoms with Gasteiger partial charge < -0.3 is 15.2 Å². The summed E-state index contributed by atoms with van der Waals surface area (Å²) in [5.74, 6) is -0.217. The van der Waals surface area contributed by atoms with Gasteiger partial charge in [0.05, 0.1) is 19.3 Å². The van der Waals surface area contributed by atoms with Crippen LogP contribution in [0.25, 0.3) is 0 Å². The Kier molecular flexibility index (Phi) is 9.17. The van der Waals surface area contributed by atoms with E-state index in [0.717, 1.165) is 0 Å². The zero-order valence-electron chi connectivity index (χ0n) is 13.1. The van der Waals surface area contributed by atoms with Crippen molar-refractivity contribution in [2.24, 2.45) is 5.73 Å². The molecule has 1 unspecified atom stereocenters. The first-order valence-corrected chi connectivity index (χ1v) is 7.58. The highest BCUT2D eigenvalue weighted by molar-refractivity contribution is 5.21. The Bertz CT molecular complexity index is 380. The van der Waals surface area contributed by atoms with Crippen molar-refractivity contribution in [2.75, 3.05) is 46.1 Å². The van der Waals surface area contributed by atoms with Gasteiger partial charge in [-0.15, -0.1) is 0 Å². The third-order valence-electron chi connectivity index (χ3n) is 3.38. The van der Waals surface area contributed by atoms with Gasteiger partial charge >= 0.3 is 0 Å². The molecule has 0 aliphatic heterocycles. The van der Waals surface area contributed by atoms with E-state index in [0.29, 0.717) is 51.6 Å². The van der Waals surface area contributed by atoms with Crippen molar-refractivity contribution in [3.8, 4) is 0 Å². The fourth-order valence-corrected chi connectivity index (χ4v) is 2.29. The van der Waals surface area contributed by atoms with Crippen LogP contribution < -0.4 is 5.73 Å². The van der Waals surface area contributed by atoms with Gasteiger partial charge in [-0.2, -0.15) is 0 Å². The molecule has 5 heteroatoms. The molecule has 0 aliphatic carbocycles. The average Bonchev–Trinajstić information content (AvgIpc) is 2.49. The Morgan fingerprint density at radius 3 is 2.14 bits per heavy atom. The molecule has 0 saturated carbocycles. The van der Waals surface area contributed by atoms with Crippen molar-refractivity contribution in [1.29, 1.82) is 0 Å². The van der Waals surface area contributed by atoms with Gasteiger partial charge in [-0.3, -0.25) is 4.90 Å². The van der Waals surface area contributed by atoms with Crippen LogP contribution in [-0.2, 0) is 9.47 Å². The average molecular weight is 298 g/mol. The van der Waals surface area contributed by atoms with Crippen LogP contribution >= 0.6 is 0 Å². The molecule has 21 heavy (non-hydrogen) atoms. The van der Waals surface area contributed by atoms with Gasteiger partial charge in [0.1, 0.15) is 5.82 Å². The summed E-state index contributed by atoms with van der Waals surface area (Å²) >= 11 is 0. The number of benzene rings is 1. The van der Waals surface area contributed by atoms with E-state index in [1.54, 1.807) is 12.1 Å². The molecule has 2 N–H and O–H groups in total. The number of halogens is 1. The van der Waals surface area contributed by atoms with Gasteiger partial charge in [0.15, 0.2) is 0 Å². The molecule has 0 aliphatic rings. The van der Waals surface area contributed by atoms with E-state index in [1.165, 1.54) is 6.07 Å². The fourth-order valence-electron chi connectivity index (χ4n) is 2.29. The molecule has 0 amide bonds. The summed E-state index contributed by atoms with van der Waals surface area (Å²) in [5.41, 5.74) is 6.53. The molecule has 1 atom stereocenters. The first kappa shape index (κ1) is 18.0. The van der Waals surface area contributed by atoms with E-state index in [9.17, 15) is 4.39 Å². The van der Waals surface area contributed by atoms with Crippen LogP contribution in [0.5, 0.6) is 0 Å². The van der Waals surface area contributed by atoms with Crippen LogP contribution in [0.4, 0.5) is 4.39 Å². The molecule has 0 radical (unpaired) electrons. The predicted molar refractivity (Wildman–Crippen MR) is 82.8 cm³/mol. The third kappa shape index (κ3) is 6.09. The monoisotopic (exact) mass is 298 g/mol. The molecule has 1 aromatic carbocycles. The fraction of sp³-hybridized carbons (Fsp3) is 0.625. The lowest BCUT2D eigenvalue weighted by Crippen LogP contribution is -2.38. The number of ether oxygens (including phenoxy) is 2. The van der Waals surface area contributed by atoms with Crippen LogP contribution in [0.15, 0.2) is 24.3 Å². The molecule has 1 rings (SSSR count). The zero-order chi connectivity index (χ0) is 15.5.